The minimum Gasteiger partial charge on any atom is -0.368 e. The Morgan fingerprint density at radius 1 is 1.21 bits per heavy atom. The molecule has 0 unspecified atom stereocenters. The second kappa shape index (κ2) is 5.58. The van der Waals surface area contributed by atoms with Crippen LogP contribution in [0.5, 0.6) is 0 Å². The SMILES string of the molecule is CCC(CC)CNc1ccc(C)nn1. The van der Waals surface area contributed by atoms with Gasteiger partial charge in [0.15, 0.2) is 0 Å². The van der Waals surface area contributed by atoms with E-state index < -0.39 is 0 Å². The van der Waals surface area contributed by atoms with Gasteiger partial charge in [0.05, 0.1) is 5.69 Å². The standard InChI is InChI=1S/C11H19N3/c1-4-10(5-2)8-12-11-7-6-9(3)13-14-11/h6-7,10H,4-5,8H2,1-3H3,(H,12,14). The Morgan fingerprint density at radius 3 is 2.43 bits per heavy atom. The van der Waals surface area contributed by atoms with E-state index in [9.17, 15) is 0 Å². The van der Waals surface area contributed by atoms with Gasteiger partial charge in [-0.3, -0.25) is 0 Å². The van der Waals surface area contributed by atoms with E-state index in [-0.39, 0.29) is 0 Å². The molecule has 0 amide bonds. The third-order valence-electron chi connectivity index (χ3n) is 2.52. The molecular formula is C11H19N3. The van der Waals surface area contributed by atoms with Crippen molar-refractivity contribution in [1.82, 2.24) is 10.2 Å². The Kier molecular flexibility index (Phi) is 4.36. The third kappa shape index (κ3) is 3.32. The summed E-state index contributed by atoms with van der Waals surface area (Å²) in [6.07, 6.45) is 2.42. The van der Waals surface area contributed by atoms with Crippen LogP contribution in [0.25, 0.3) is 0 Å². The molecule has 0 atom stereocenters. The highest BCUT2D eigenvalue weighted by atomic mass is 15.2. The molecule has 0 fully saturated rings. The topological polar surface area (TPSA) is 37.8 Å². The van der Waals surface area contributed by atoms with E-state index in [0.29, 0.717) is 0 Å². The first-order valence-corrected chi connectivity index (χ1v) is 5.30. The molecule has 1 heterocycles. The Bertz CT molecular complexity index is 252. The second-order valence-electron chi connectivity index (χ2n) is 3.62. The van der Waals surface area contributed by atoms with Gasteiger partial charge in [-0.15, -0.1) is 5.10 Å². The Balaban J connectivity index is 2.41. The molecule has 0 spiro atoms. The lowest BCUT2D eigenvalue weighted by molar-refractivity contribution is 0.518. The van der Waals surface area contributed by atoms with Gasteiger partial charge in [-0.25, -0.2) is 0 Å². The first-order chi connectivity index (χ1) is 6.76. The van der Waals surface area contributed by atoms with Crippen molar-refractivity contribution in [2.45, 2.75) is 33.6 Å². The van der Waals surface area contributed by atoms with Crippen LogP contribution >= 0.6 is 0 Å². The fourth-order valence-electron chi connectivity index (χ4n) is 1.32. The van der Waals surface area contributed by atoms with Gasteiger partial charge in [-0.05, 0) is 25.0 Å². The van der Waals surface area contributed by atoms with Gasteiger partial charge in [-0.2, -0.15) is 5.10 Å². The number of nitrogens with one attached hydrogen (secondary N) is 1. The van der Waals surface area contributed by atoms with Crippen LogP contribution in [0.3, 0.4) is 0 Å². The summed E-state index contributed by atoms with van der Waals surface area (Å²) in [5.41, 5.74) is 0.957. The molecule has 1 aromatic heterocycles. The van der Waals surface area contributed by atoms with Gasteiger partial charge in [0.1, 0.15) is 5.82 Å². The monoisotopic (exact) mass is 193 g/mol. The molecular weight excluding hydrogens is 174 g/mol. The van der Waals surface area contributed by atoms with E-state index in [1.165, 1.54) is 12.8 Å². The van der Waals surface area contributed by atoms with Crippen molar-refractivity contribution in [2.75, 3.05) is 11.9 Å². The minimum atomic E-state index is 0.734. The van der Waals surface area contributed by atoms with E-state index in [1.807, 2.05) is 19.1 Å². The number of aromatic nitrogens is 2. The van der Waals surface area contributed by atoms with Gasteiger partial charge in [0.25, 0.3) is 0 Å². The summed E-state index contributed by atoms with van der Waals surface area (Å²) in [5, 5.41) is 11.4. The van der Waals surface area contributed by atoms with Gasteiger partial charge in [0, 0.05) is 6.54 Å². The van der Waals surface area contributed by atoms with Crippen LogP contribution in [0.4, 0.5) is 5.82 Å². The highest BCUT2D eigenvalue weighted by Gasteiger charge is 2.02. The molecule has 14 heavy (non-hydrogen) atoms. The third-order valence-corrected chi connectivity index (χ3v) is 2.52. The summed E-state index contributed by atoms with van der Waals surface area (Å²) < 4.78 is 0. The van der Waals surface area contributed by atoms with Crippen LogP contribution in [-0.2, 0) is 0 Å². The van der Waals surface area contributed by atoms with Crippen molar-refractivity contribution in [3.05, 3.63) is 17.8 Å². The first kappa shape index (κ1) is 11.0. The van der Waals surface area contributed by atoms with E-state index >= 15 is 0 Å². The molecule has 0 saturated carbocycles. The van der Waals surface area contributed by atoms with Crippen LogP contribution in [0.2, 0.25) is 0 Å². The molecule has 0 aromatic carbocycles. The van der Waals surface area contributed by atoms with Crippen LogP contribution < -0.4 is 5.32 Å². The predicted molar refractivity (Wildman–Crippen MR) is 59.3 cm³/mol. The van der Waals surface area contributed by atoms with Crippen molar-refractivity contribution >= 4 is 5.82 Å². The molecule has 3 heteroatoms. The van der Waals surface area contributed by atoms with Crippen molar-refractivity contribution in [3.8, 4) is 0 Å². The fourth-order valence-corrected chi connectivity index (χ4v) is 1.32. The maximum absolute atomic E-state index is 4.06. The molecule has 78 valence electrons. The summed E-state index contributed by atoms with van der Waals surface area (Å²) in [4.78, 5) is 0. The Hall–Kier alpha value is -1.12. The predicted octanol–water partition coefficient (Wildman–Crippen LogP) is 2.63. The van der Waals surface area contributed by atoms with Gasteiger partial charge < -0.3 is 5.32 Å². The average molecular weight is 193 g/mol. The van der Waals surface area contributed by atoms with E-state index in [2.05, 4.69) is 29.4 Å². The largest absolute Gasteiger partial charge is 0.368 e. The summed E-state index contributed by atoms with van der Waals surface area (Å²) in [5.74, 6) is 1.61. The van der Waals surface area contributed by atoms with Crippen LogP contribution in [0.15, 0.2) is 12.1 Å². The highest BCUT2D eigenvalue weighted by Crippen LogP contribution is 2.09. The quantitative estimate of drug-likeness (QED) is 0.781. The van der Waals surface area contributed by atoms with Crippen molar-refractivity contribution in [2.24, 2.45) is 5.92 Å². The number of aryl methyl sites for hydroxylation is 1. The zero-order valence-corrected chi connectivity index (χ0v) is 9.25. The van der Waals surface area contributed by atoms with Crippen molar-refractivity contribution in [3.63, 3.8) is 0 Å². The highest BCUT2D eigenvalue weighted by molar-refractivity contribution is 5.32. The molecule has 1 rings (SSSR count). The van der Waals surface area contributed by atoms with Crippen LogP contribution in [0, 0.1) is 12.8 Å². The molecule has 3 nitrogen and oxygen atoms in total. The van der Waals surface area contributed by atoms with Crippen LogP contribution in [-0.4, -0.2) is 16.7 Å². The summed E-state index contributed by atoms with van der Waals surface area (Å²) in [7, 11) is 0. The zero-order valence-electron chi connectivity index (χ0n) is 9.25. The number of hydrogen-bond acceptors (Lipinski definition) is 3. The zero-order chi connectivity index (χ0) is 10.4. The summed E-state index contributed by atoms with van der Waals surface area (Å²) in [6.45, 7) is 7.37. The smallest absolute Gasteiger partial charge is 0.148 e. The molecule has 0 radical (unpaired) electrons. The van der Waals surface area contributed by atoms with Crippen LogP contribution in [0.1, 0.15) is 32.4 Å². The molecule has 0 bridgehead atoms. The number of rotatable bonds is 5. The lowest BCUT2D eigenvalue weighted by atomic mass is 10.0. The maximum Gasteiger partial charge on any atom is 0.148 e. The van der Waals surface area contributed by atoms with E-state index in [1.54, 1.807) is 0 Å². The van der Waals surface area contributed by atoms with Gasteiger partial charge in [0.2, 0.25) is 0 Å². The summed E-state index contributed by atoms with van der Waals surface area (Å²) >= 11 is 0. The number of anilines is 1. The lowest BCUT2D eigenvalue weighted by Crippen LogP contribution is -2.13. The molecule has 1 N–H and O–H groups in total. The molecule has 0 aliphatic carbocycles. The number of hydrogen-bond donors (Lipinski definition) is 1. The van der Waals surface area contributed by atoms with Crippen molar-refractivity contribution in [1.29, 1.82) is 0 Å². The van der Waals surface area contributed by atoms with Gasteiger partial charge >= 0.3 is 0 Å². The maximum atomic E-state index is 4.06. The minimum absolute atomic E-state index is 0.734. The van der Waals surface area contributed by atoms with Crippen molar-refractivity contribution < 1.29 is 0 Å². The van der Waals surface area contributed by atoms with E-state index in [0.717, 1.165) is 24.0 Å². The Morgan fingerprint density at radius 2 is 1.93 bits per heavy atom. The molecule has 0 aliphatic rings. The average Bonchev–Trinajstić information content (AvgIpc) is 2.22. The Labute approximate surface area is 85.9 Å². The lowest BCUT2D eigenvalue weighted by Gasteiger charge is -2.13. The second-order valence-corrected chi connectivity index (χ2v) is 3.62. The molecule has 1 aromatic rings. The van der Waals surface area contributed by atoms with Gasteiger partial charge in [-0.1, -0.05) is 26.7 Å². The van der Waals surface area contributed by atoms with E-state index in [4.69, 9.17) is 0 Å². The summed E-state index contributed by atoms with van der Waals surface area (Å²) in [6, 6.07) is 3.95. The first-order valence-electron chi connectivity index (χ1n) is 5.30. The fraction of sp³-hybridized carbons (Fsp3) is 0.636. The normalized spacial score (nSPS) is 10.6. The number of nitrogens with zero attached hydrogens (tertiary/aromatic N) is 2. The molecule has 0 aliphatic heterocycles. The molecule has 0 saturated heterocycles.